The predicted octanol–water partition coefficient (Wildman–Crippen LogP) is 2.21. The van der Waals surface area contributed by atoms with Crippen molar-refractivity contribution in [2.45, 2.75) is 19.4 Å². The van der Waals surface area contributed by atoms with Crippen LogP contribution in [-0.2, 0) is 9.59 Å². The van der Waals surface area contributed by atoms with Crippen LogP contribution in [0.2, 0.25) is 0 Å². The number of hydrogen-bond acceptors (Lipinski definition) is 4. The summed E-state index contributed by atoms with van der Waals surface area (Å²) < 4.78 is 0. The molecule has 0 aliphatic carbocycles. The number of piperazine rings is 1. The summed E-state index contributed by atoms with van der Waals surface area (Å²) in [5.74, 6) is -0.0891. The fourth-order valence-corrected chi connectivity index (χ4v) is 4.11. The number of amides is 3. The van der Waals surface area contributed by atoms with E-state index in [4.69, 9.17) is 0 Å². The van der Waals surface area contributed by atoms with Crippen molar-refractivity contribution >= 4 is 29.1 Å². The van der Waals surface area contributed by atoms with Crippen molar-refractivity contribution in [2.24, 2.45) is 0 Å². The number of para-hydroxylation sites is 2. The topological polar surface area (TPSA) is 73.0 Å². The number of carbonyl (C=O) groups is 3. The summed E-state index contributed by atoms with van der Waals surface area (Å²) in [6.07, 6.45) is 0.264. The molecule has 0 bridgehead atoms. The van der Waals surface area contributed by atoms with Crippen LogP contribution in [0.25, 0.3) is 0 Å². The van der Waals surface area contributed by atoms with Crippen LogP contribution >= 0.6 is 0 Å². The lowest BCUT2D eigenvalue weighted by molar-refractivity contribution is -0.120. The first-order valence-corrected chi connectivity index (χ1v) is 10.3. The fourth-order valence-electron chi connectivity index (χ4n) is 4.11. The average molecular weight is 406 g/mol. The number of rotatable bonds is 3. The third-order valence-electron chi connectivity index (χ3n) is 5.67. The van der Waals surface area contributed by atoms with Crippen LogP contribution in [-0.4, -0.2) is 66.3 Å². The van der Waals surface area contributed by atoms with E-state index in [2.05, 4.69) is 10.2 Å². The van der Waals surface area contributed by atoms with E-state index in [1.165, 1.54) is 0 Å². The zero-order valence-corrected chi connectivity index (χ0v) is 17.1. The third kappa shape index (κ3) is 4.21. The van der Waals surface area contributed by atoms with Gasteiger partial charge in [0.2, 0.25) is 11.8 Å². The van der Waals surface area contributed by atoms with Gasteiger partial charge in [0.05, 0.1) is 17.9 Å². The highest BCUT2D eigenvalue weighted by Gasteiger charge is 2.31. The Bertz CT molecular complexity index is 938. The van der Waals surface area contributed by atoms with E-state index < -0.39 is 0 Å². The summed E-state index contributed by atoms with van der Waals surface area (Å²) in [5.41, 5.74) is 2.09. The standard InChI is InChI=1S/C23H26N4O3/c1-17-15-21(28)24-19-9-5-6-10-20(19)27(17)22(29)16-25-11-13-26(14-12-25)23(30)18-7-3-2-4-8-18/h2-10,17H,11-16H2,1H3,(H,24,28)/t17-/m0/s1. The molecule has 2 aromatic carbocycles. The van der Waals surface area contributed by atoms with E-state index >= 15 is 0 Å². The third-order valence-corrected chi connectivity index (χ3v) is 5.67. The van der Waals surface area contributed by atoms with E-state index in [0.29, 0.717) is 37.4 Å². The van der Waals surface area contributed by atoms with Crippen molar-refractivity contribution in [3.8, 4) is 0 Å². The molecule has 1 saturated heterocycles. The lowest BCUT2D eigenvalue weighted by Gasteiger charge is -2.36. The molecule has 2 aliphatic rings. The van der Waals surface area contributed by atoms with Gasteiger partial charge in [0.15, 0.2) is 0 Å². The highest BCUT2D eigenvalue weighted by Crippen LogP contribution is 2.31. The van der Waals surface area contributed by atoms with Crippen LogP contribution < -0.4 is 10.2 Å². The maximum atomic E-state index is 13.2. The molecule has 2 aliphatic heterocycles. The number of nitrogens with one attached hydrogen (secondary N) is 1. The zero-order chi connectivity index (χ0) is 21.1. The van der Waals surface area contributed by atoms with Crippen LogP contribution in [0.1, 0.15) is 23.7 Å². The molecule has 2 heterocycles. The molecule has 1 atom stereocenters. The summed E-state index contributed by atoms with van der Waals surface area (Å²) >= 11 is 0. The number of fused-ring (bicyclic) bond motifs is 1. The van der Waals surface area contributed by atoms with E-state index in [9.17, 15) is 14.4 Å². The number of hydrogen-bond donors (Lipinski definition) is 1. The minimum absolute atomic E-state index is 0.0289. The highest BCUT2D eigenvalue weighted by molar-refractivity contribution is 6.05. The van der Waals surface area contributed by atoms with Gasteiger partial charge >= 0.3 is 0 Å². The van der Waals surface area contributed by atoms with E-state index in [1.807, 2.05) is 66.4 Å². The van der Waals surface area contributed by atoms with E-state index in [0.717, 1.165) is 5.69 Å². The molecule has 1 N–H and O–H groups in total. The second kappa shape index (κ2) is 8.67. The Labute approximate surface area is 176 Å². The van der Waals surface area contributed by atoms with Crippen molar-refractivity contribution in [3.63, 3.8) is 0 Å². The summed E-state index contributed by atoms with van der Waals surface area (Å²) in [5, 5.41) is 2.88. The Kier molecular flexibility index (Phi) is 5.81. The summed E-state index contributed by atoms with van der Waals surface area (Å²) in [7, 11) is 0. The van der Waals surface area contributed by atoms with Crippen LogP contribution in [0.3, 0.4) is 0 Å². The minimum atomic E-state index is -0.220. The Morgan fingerprint density at radius 1 is 0.967 bits per heavy atom. The van der Waals surface area contributed by atoms with Gasteiger partial charge in [-0.2, -0.15) is 0 Å². The molecule has 4 rings (SSSR count). The molecular weight excluding hydrogens is 380 g/mol. The van der Waals surface area contributed by atoms with Crippen molar-refractivity contribution in [2.75, 3.05) is 42.9 Å². The highest BCUT2D eigenvalue weighted by atomic mass is 16.2. The molecule has 0 aromatic heterocycles. The Hall–Kier alpha value is -3.19. The van der Waals surface area contributed by atoms with Gasteiger partial charge < -0.3 is 15.1 Å². The summed E-state index contributed by atoms with van der Waals surface area (Å²) in [6.45, 7) is 4.63. The van der Waals surface area contributed by atoms with Gasteiger partial charge in [-0.3, -0.25) is 19.3 Å². The number of nitrogens with zero attached hydrogens (tertiary/aromatic N) is 3. The van der Waals surface area contributed by atoms with Crippen molar-refractivity contribution in [1.82, 2.24) is 9.80 Å². The summed E-state index contributed by atoms with van der Waals surface area (Å²) in [4.78, 5) is 43.6. The van der Waals surface area contributed by atoms with Gasteiger partial charge in [0, 0.05) is 44.2 Å². The van der Waals surface area contributed by atoms with Crippen LogP contribution in [0.5, 0.6) is 0 Å². The van der Waals surface area contributed by atoms with Gasteiger partial charge in [0.1, 0.15) is 0 Å². The smallest absolute Gasteiger partial charge is 0.253 e. The molecular formula is C23H26N4O3. The normalized spacial score (nSPS) is 19.6. The first-order valence-electron chi connectivity index (χ1n) is 10.3. The maximum Gasteiger partial charge on any atom is 0.253 e. The van der Waals surface area contributed by atoms with Crippen molar-refractivity contribution in [1.29, 1.82) is 0 Å². The number of anilines is 2. The molecule has 2 aromatic rings. The maximum absolute atomic E-state index is 13.2. The van der Waals surface area contributed by atoms with Gasteiger partial charge in [0.25, 0.3) is 5.91 Å². The van der Waals surface area contributed by atoms with Crippen LogP contribution in [0, 0.1) is 0 Å². The molecule has 0 saturated carbocycles. The number of benzene rings is 2. The first-order chi connectivity index (χ1) is 14.5. The van der Waals surface area contributed by atoms with Crippen LogP contribution in [0.4, 0.5) is 11.4 Å². The summed E-state index contributed by atoms with van der Waals surface area (Å²) in [6, 6.07) is 16.5. The zero-order valence-electron chi connectivity index (χ0n) is 17.1. The Morgan fingerprint density at radius 2 is 1.63 bits per heavy atom. The van der Waals surface area contributed by atoms with Gasteiger partial charge in [-0.25, -0.2) is 0 Å². The lowest BCUT2D eigenvalue weighted by Crippen LogP contribution is -2.52. The van der Waals surface area contributed by atoms with Gasteiger partial charge in [-0.1, -0.05) is 30.3 Å². The largest absolute Gasteiger partial charge is 0.336 e. The van der Waals surface area contributed by atoms with E-state index in [1.54, 1.807) is 4.90 Å². The fraction of sp³-hybridized carbons (Fsp3) is 0.348. The molecule has 3 amide bonds. The molecule has 7 nitrogen and oxygen atoms in total. The quantitative estimate of drug-likeness (QED) is 0.848. The molecule has 30 heavy (non-hydrogen) atoms. The molecule has 1 fully saturated rings. The molecule has 0 radical (unpaired) electrons. The predicted molar refractivity (Wildman–Crippen MR) is 115 cm³/mol. The second-order valence-electron chi connectivity index (χ2n) is 7.82. The second-order valence-corrected chi connectivity index (χ2v) is 7.82. The minimum Gasteiger partial charge on any atom is -0.336 e. The average Bonchev–Trinajstić information content (AvgIpc) is 2.88. The molecule has 156 valence electrons. The molecule has 0 unspecified atom stereocenters. The lowest BCUT2D eigenvalue weighted by atomic mass is 10.1. The van der Waals surface area contributed by atoms with Crippen LogP contribution in [0.15, 0.2) is 54.6 Å². The number of carbonyl (C=O) groups excluding carboxylic acids is 3. The first kappa shape index (κ1) is 20.1. The molecule has 0 spiro atoms. The monoisotopic (exact) mass is 406 g/mol. The van der Waals surface area contributed by atoms with E-state index in [-0.39, 0.29) is 36.7 Å². The van der Waals surface area contributed by atoms with Crippen molar-refractivity contribution < 1.29 is 14.4 Å². The SMILES string of the molecule is C[C@H]1CC(=O)Nc2ccccc2N1C(=O)CN1CCN(C(=O)c2ccccc2)CC1. The molecule has 7 heteroatoms. The Morgan fingerprint density at radius 3 is 2.37 bits per heavy atom. The van der Waals surface area contributed by atoms with Crippen molar-refractivity contribution in [3.05, 3.63) is 60.2 Å². The van der Waals surface area contributed by atoms with Gasteiger partial charge in [-0.15, -0.1) is 0 Å². The van der Waals surface area contributed by atoms with Gasteiger partial charge in [-0.05, 0) is 31.2 Å². The Balaban J connectivity index is 1.40.